The van der Waals surface area contributed by atoms with E-state index in [0.29, 0.717) is 5.15 Å². The summed E-state index contributed by atoms with van der Waals surface area (Å²) in [5, 5.41) is 4.58. The highest BCUT2D eigenvalue weighted by Gasteiger charge is 1.98. The van der Waals surface area contributed by atoms with Gasteiger partial charge in [-0.25, -0.2) is 9.67 Å². The summed E-state index contributed by atoms with van der Waals surface area (Å²) in [6.07, 6.45) is 5.24. The van der Waals surface area contributed by atoms with E-state index in [1.54, 1.807) is 23.1 Å². The van der Waals surface area contributed by atoms with Gasteiger partial charge in [0.05, 0.1) is 22.6 Å². The van der Waals surface area contributed by atoms with E-state index in [1.165, 1.54) is 0 Å². The Bertz CT molecular complexity index is 410. The van der Waals surface area contributed by atoms with Crippen molar-refractivity contribution < 1.29 is 0 Å². The second kappa shape index (κ2) is 3.47. The fraction of sp³-hybridized carbons (Fsp3) is 0. The van der Waals surface area contributed by atoms with Crippen molar-refractivity contribution in [2.45, 2.75) is 0 Å². The lowest BCUT2D eigenvalue weighted by Gasteiger charge is -1.98. The van der Waals surface area contributed by atoms with Crippen LogP contribution >= 0.6 is 27.5 Å². The van der Waals surface area contributed by atoms with Gasteiger partial charge < -0.3 is 0 Å². The fourth-order valence-electron chi connectivity index (χ4n) is 0.946. The molecule has 0 aliphatic carbocycles. The summed E-state index contributed by atoms with van der Waals surface area (Å²) in [7, 11) is 0. The van der Waals surface area contributed by atoms with Crippen LogP contribution in [0.2, 0.25) is 5.15 Å². The maximum Gasteiger partial charge on any atom is 0.129 e. The third kappa shape index (κ3) is 1.89. The van der Waals surface area contributed by atoms with Crippen molar-refractivity contribution in [2.75, 3.05) is 0 Å². The van der Waals surface area contributed by atoms with Crippen molar-refractivity contribution in [3.63, 3.8) is 0 Å². The summed E-state index contributed by atoms with van der Waals surface area (Å²) in [5.41, 5.74) is 0.884. The topological polar surface area (TPSA) is 30.7 Å². The van der Waals surface area contributed by atoms with Gasteiger partial charge in [-0.15, -0.1) is 0 Å². The van der Waals surface area contributed by atoms with Crippen LogP contribution in [0.3, 0.4) is 0 Å². The molecule has 0 N–H and O–H groups in total. The SMILES string of the molecule is Clc1ccc(-n2cc(Br)cn2)cn1. The summed E-state index contributed by atoms with van der Waals surface area (Å²) < 4.78 is 2.65. The molecule has 0 aliphatic heterocycles. The Hall–Kier alpha value is -0.870. The minimum atomic E-state index is 0.481. The number of pyridine rings is 1. The van der Waals surface area contributed by atoms with Crippen molar-refractivity contribution in [2.24, 2.45) is 0 Å². The van der Waals surface area contributed by atoms with Gasteiger partial charge >= 0.3 is 0 Å². The first-order chi connectivity index (χ1) is 6.25. The van der Waals surface area contributed by atoms with E-state index < -0.39 is 0 Å². The first-order valence-electron chi connectivity index (χ1n) is 3.58. The van der Waals surface area contributed by atoms with Crippen LogP contribution in [0.5, 0.6) is 0 Å². The summed E-state index contributed by atoms with van der Waals surface area (Å²) in [5.74, 6) is 0. The Kier molecular flexibility index (Phi) is 2.33. The molecular weight excluding hydrogens is 253 g/mol. The second-order valence-corrected chi connectivity index (χ2v) is 3.75. The molecule has 0 spiro atoms. The molecule has 0 bridgehead atoms. The highest BCUT2D eigenvalue weighted by molar-refractivity contribution is 9.10. The Labute approximate surface area is 88.5 Å². The molecule has 0 aliphatic rings. The van der Waals surface area contributed by atoms with Gasteiger partial charge in [0, 0.05) is 6.20 Å². The molecule has 0 radical (unpaired) electrons. The molecular formula is C8H5BrClN3. The zero-order valence-electron chi connectivity index (χ0n) is 6.48. The average molecular weight is 259 g/mol. The van der Waals surface area contributed by atoms with Crippen LogP contribution in [0.1, 0.15) is 0 Å². The van der Waals surface area contributed by atoms with Gasteiger partial charge in [-0.3, -0.25) is 0 Å². The van der Waals surface area contributed by atoms with Crippen molar-refractivity contribution in [1.29, 1.82) is 0 Å². The molecule has 2 aromatic rings. The molecule has 0 aromatic carbocycles. The third-order valence-electron chi connectivity index (χ3n) is 1.53. The van der Waals surface area contributed by atoms with Gasteiger partial charge in [0.25, 0.3) is 0 Å². The minimum absolute atomic E-state index is 0.481. The molecule has 2 aromatic heterocycles. The smallest absolute Gasteiger partial charge is 0.129 e. The van der Waals surface area contributed by atoms with Crippen LogP contribution < -0.4 is 0 Å². The number of halogens is 2. The molecule has 2 rings (SSSR count). The molecule has 2 heterocycles. The van der Waals surface area contributed by atoms with E-state index in [-0.39, 0.29) is 0 Å². The molecule has 0 unspecified atom stereocenters. The predicted octanol–water partition coefficient (Wildman–Crippen LogP) is 2.68. The van der Waals surface area contributed by atoms with Crippen LogP contribution in [0.4, 0.5) is 0 Å². The zero-order valence-corrected chi connectivity index (χ0v) is 8.83. The summed E-state index contributed by atoms with van der Waals surface area (Å²) in [4.78, 5) is 3.95. The lowest BCUT2D eigenvalue weighted by Crippen LogP contribution is -1.94. The highest BCUT2D eigenvalue weighted by Crippen LogP contribution is 2.12. The number of hydrogen-bond acceptors (Lipinski definition) is 2. The zero-order chi connectivity index (χ0) is 9.26. The number of hydrogen-bond donors (Lipinski definition) is 0. The maximum atomic E-state index is 5.65. The average Bonchev–Trinajstić information content (AvgIpc) is 2.53. The Morgan fingerprint density at radius 1 is 1.31 bits per heavy atom. The lowest BCUT2D eigenvalue weighted by atomic mass is 10.4. The van der Waals surface area contributed by atoms with Gasteiger partial charge in [-0.2, -0.15) is 5.10 Å². The van der Waals surface area contributed by atoms with Crippen LogP contribution in [0.15, 0.2) is 35.2 Å². The molecule has 0 amide bonds. The summed E-state index contributed by atoms with van der Waals surface area (Å²) in [6.45, 7) is 0. The van der Waals surface area contributed by atoms with Crippen molar-refractivity contribution in [3.05, 3.63) is 40.3 Å². The standard InChI is InChI=1S/C8H5BrClN3/c9-6-3-12-13(5-6)7-1-2-8(10)11-4-7/h1-5H. The lowest BCUT2D eigenvalue weighted by molar-refractivity contribution is 0.874. The van der Waals surface area contributed by atoms with Crippen molar-refractivity contribution in [1.82, 2.24) is 14.8 Å². The summed E-state index contributed by atoms with van der Waals surface area (Å²) >= 11 is 8.97. The molecule has 13 heavy (non-hydrogen) atoms. The highest BCUT2D eigenvalue weighted by atomic mass is 79.9. The first kappa shape index (κ1) is 8.72. The number of aromatic nitrogens is 3. The molecule has 0 fully saturated rings. The van der Waals surface area contributed by atoms with E-state index in [1.807, 2.05) is 12.3 Å². The van der Waals surface area contributed by atoms with Gasteiger partial charge in [-0.05, 0) is 28.1 Å². The molecule has 0 saturated carbocycles. The summed E-state index contributed by atoms with van der Waals surface area (Å²) in [6, 6.07) is 3.58. The quantitative estimate of drug-likeness (QED) is 0.736. The maximum absolute atomic E-state index is 5.65. The van der Waals surface area contributed by atoms with E-state index in [2.05, 4.69) is 26.0 Å². The van der Waals surface area contributed by atoms with Crippen molar-refractivity contribution >= 4 is 27.5 Å². The van der Waals surface area contributed by atoms with E-state index >= 15 is 0 Å². The molecule has 0 atom stereocenters. The normalized spacial score (nSPS) is 10.3. The monoisotopic (exact) mass is 257 g/mol. The van der Waals surface area contributed by atoms with Gasteiger partial charge in [-0.1, -0.05) is 11.6 Å². The largest absolute Gasteiger partial charge is 0.242 e. The van der Waals surface area contributed by atoms with E-state index in [4.69, 9.17) is 11.6 Å². The second-order valence-electron chi connectivity index (χ2n) is 2.44. The van der Waals surface area contributed by atoms with Crippen LogP contribution in [0.25, 0.3) is 5.69 Å². The Morgan fingerprint density at radius 3 is 2.69 bits per heavy atom. The van der Waals surface area contributed by atoms with Gasteiger partial charge in [0.2, 0.25) is 0 Å². The van der Waals surface area contributed by atoms with Gasteiger partial charge in [0.1, 0.15) is 5.15 Å². The minimum Gasteiger partial charge on any atom is -0.242 e. The third-order valence-corrected chi connectivity index (χ3v) is 2.16. The molecule has 3 nitrogen and oxygen atoms in total. The van der Waals surface area contributed by atoms with Crippen LogP contribution in [-0.2, 0) is 0 Å². The van der Waals surface area contributed by atoms with Crippen LogP contribution in [0, 0.1) is 0 Å². The number of rotatable bonds is 1. The van der Waals surface area contributed by atoms with Gasteiger partial charge in [0.15, 0.2) is 0 Å². The molecule has 5 heteroatoms. The van der Waals surface area contributed by atoms with Crippen molar-refractivity contribution in [3.8, 4) is 5.69 Å². The Balaban J connectivity index is 2.41. The predicted molar refractivity (Wildman–Crippen MR) is 54.1 cm³/mol. The molecule has 0 saturated heterocycles. The number of nitrogens with zero attached hydrogens (tertiary/aromatic N) is 3. The Morgan fingerprint density at radius 2 is 2.15 bits per heavy atom. The van der Waals surface area contributed by atoms with Crippen LogP contribution in [-0.4, -0.2) is 14.8 Å². The fourth-order valence-corrected chi connectivity index (χ4v) is 1.34. The molecule has 66 valence electrons. The van der Waals surface area contributed by atoms with E-state index in [0.717, 1.165) is 10.2 Å². The van der Waals surface area contributed by atoms with E-state index in [9.17, 15) is 0 Å². The first-order valence-corrected chi connectivity index (χ1v) is 4.75.